The van der Waals surface area contributed by atoms with E-state index in [1.54, 1.807) is 0 Å². The second kappa shape index (κ2) is 9.78. The van der Waals surface area contributed by atoms with E-state index in [0.717, 1.165) is 51.1 Å². The molecule has 1 aliphatic heterocycles. The Morgan fingerprint density at radius 3 is 2.61 bits per heavy atom. The lowest BCUT2D eigenvalue weighted by molar-refractivity contribution is -0.117. The first-order chi connectivity index (χ1) is 17.7. The first-order valence-electron chi connectivity index (χ1n) is 12.3. The number of carbonyl (C=O) groups excluding carboxylic acids is 1. The third-order valence-corrected chi connectivity index (χ3v) is 7.52. The summed E-state index contributed by atoms with van der Waals surface area (Å²) in [6.07, 6.45) is 1.29. The van der Waals surface area contributed by atoms with Crippen LogP contribution in [0.2, 0.25) is 0 Å². The zero-order valence-electron chi connectivity index (χ0n) is 19.8. The van der Waals surface area contributed by atoms with Gasteiger partial charge in [-0.25, -0.2) is 4.98 Å². The third kappa shape index (κ3) is 4.26. The molecule has 1 amide bonds. The maximum atomic E-state index is 13.0. The van der Waals surface area contributed by atoms with Gasteiger partial charge in [0.25, 0.3) is 0 Å². The van der Waals surface area contributed by atoms with Gasteiger partial charge in [0.15, 0.2) is 0 Å². The average Bonchev–Trinajstić information content (AvgIpc) is 3.47. The highest BCUT2D eigenvalue weighted by Crippen LogP contribution is 2.36. The minimum Gasteiger partial charge on any atom is -0.493 e. The predicted molar refractivity (Wildman–Crippen MR) is 148 cm³/mol. The van der Waals surface area contributed by atoms with E-state index in [4.69, 9.17) is 9.72 Å². The molecule has 1 saturated heterocycles. The number of para-hydroxylation sites is 3. The Balaban J connectivity index is 1.22. The molecule has 4 aromatic carbocycles. The van der Waals surface area contributed by atoms with Crippen molar-refractivity contribution in [3.8, 4) is 5.75 Å². The Bertz CT molecular complexity index is 1560. The van der Waals surface area contributed by atoms with Crippen LogP contribution >= 0.6 is 15.9 Å². The smallest absolute Gasteiger partial charge is 0.227 e. The molecule has 6 heteroatoms. The van der Waals surface area contributed by atoms with Crippen LogP contribution < -0.4 is 9.64 Å². The average molecular weight is 540 g/mol. The molecule has 180 valence electrons. The van der Waals surface area contributed by atoms with E-state index in [9.17, 15) is 4.79 Å². The zero-order valence-corrected chi connectivity index (χ0v) is 21.4. The standard InChI is InChI=1S/C30H26BrN3O2/c31-24-12-3-5-14-26(24)34-20-22(19-29(34)35)30-32-25-13-4-6-15-27(25)33(30)17-8-18-36-28-16-7-10-21-9-1-2-11-23(21)28/h1-7,9-16,22H,8,17-20H2. The fourth-order valence-electron chi connectivity index (χ4n) is 5.15. The summed E-state index contributed by atoms with van der Waals surface area (Å²) in [6, 6.07) is 30.6. The molecule has 0 radical (unpaired) electrons. The highest BCUT2D eigenvalue weighted by molar-refractivity contribution is 9.10. The normalized spacial score (nSPS) is 15.8. The van der Waals surface area contributed by atoms with E-state index in [1.807, 2.05) is 71.6 Å². The number of fused-ring (bicyclic) bond motifs is 2. The minimum atomic E-state index is 0.0380. The predicted octanol–water partition coefficient (Wildman–Crippen LogP) is 6.94. The Morgan fingerprint density at radius 2 is 1.69 bits per heavy atom. The molecule has 6 rings (SSSR count). The first-order valence-corrected chi connectivity index (χ1v) is 13.1. The number of hydrogen-bond donors (Lipinski definition) is 0. The van der Waals surface area contributed by atoms with Gasteiger partial charge in [0.2, 0.25) is 5.91 Å². The van der Waals surface area contributed by atoms with Crippen LogP contribution in [0.25, 0.3) is 21.8 Å². The first kappa shape index (κ1) is 22.8. The Labute approximate surface area is 218 Å². The number of benzene rings is 4. The van der Waals surface area contributed by atoms with E-state index in [-0.39, 0.29) is 11.8 Å². The van der Waals surface area contributed by atoms with Crippen molar-refractivity contribution in [3.63, 3.8) is 0 Å². The molecule has 1 unspecified atom stereocenters. The molecular formula is C30H26BrN3O2. The summed E-state index contributed by atoms with van der Waals surface area (Å²) in [5, 5.41) is 2.31. The lowest BCUT2D eigenvalue weighted by atomic mass is 10.1. The van der Waals surface area contributed by atoms with Crippen LogP contribution in [0.5, 0.6) is 5.75 Å². The van der Waals surface area contributed by atoms with Crippen molar-refractivity contribution in [1.82, 2.24) is 9.55 Å². The maximum absolute atomic E-state index is 13.0. The van der Waals surface area contributed by atoms with E-state index in [1.165, 1.54) is 5.39 Å². The Kier molecular flexibility index (Phi) is 6.20. The highest BCUT2D eigenvalue weighted by atomic mass is 79.9. The van der Waals surface area contributed by atoms with Gasteiger partial charge in [-0.1, -0.05) is 60.7 Å². The molecule has 0 aliphatic carbocycles. The number of hydrogen-bond acceptors (Lipinski definition) is 3. The second-order valence-electron chi connectivity index (χ2n) is 9.15. The van der Waals surface area contributed by atoms with Crippen LogP contribution in [0, 0.1) is 0 Å². The number of aryl methyl sites for hydroxylation is 1. The van der Waals surface area contributed by atoms with Gasteiger partial charge in [-0.2, -0.15) is 0 Å². The van der Waals surface area contributed by atoms with Crippen LogP contribution in [0.4, 0.5) is 5.69 Å². The van der Waals surface area contributed by atoms with Crippen LogP contribution in [-0.2, 0) is 11.3 Å². The Morgan fingerprint density at radius 1 is 0.917 bits per heavy atom. The van der Waals surface area contributed by atoms with Crippen molar-refractivity contribution in [2.24, 2.45) is 0 Å². The molecule has 1 aliphatic rings. The van der Waals surface area contributed by atoms with Crippen LogP contribution in [0.1, 0.15) is 24.6 Å². The lowest BCUT2D eigenvalue weighted by Crippen LogP contribution is -2.25. The number of amides is 1. The van der Waals surface area contributed by atoms with Gasteiger partial charge in [0.1, 0.15) is 11.6 Å². The summed E-state index contributed by atoms with van der Waals surface area (Å²) >= 11 is 3.60. The molecule has 0 N–H and O–H groups in total. The minimum absolute atomic E-state index is 0.0380. The zero-order chi connectivity index (χ0) is 24.5. The van der Waals surface area contributed by atoms with Crippen molar-refractivity contribution < 1.29 is 9.53 Å². The number of nitrogens with zero attached hydrogens (tertiary/aromatic N) is 3. The van der Waals surface area contributed by atoms with E-state index >= 15 is 0 Å². The SMILES string of the molecule is O=C1CC(c2nc3ccccc3n2CCCOc2cccc3ccccc23)CN1c1ccccc1Br. The molecule has 1 fully saturated rings. The summed E-state index contributed by atoms with van der Waals surface area (Å²) < 4.78 is 9.41. The molecule has 5 nitrogen and oxygen atoms in total. The van der Waals surface area contributed by atoms with E-state index in [0.29, 0.717) is 19.6 Å². The molecule has 0 spiro atoms. The summed E-state index contributed by atoms with van der Waals surface area (Å²) in [5.41, 5.74) is 2.98. The quantitative estimate of drug-likeness (QED) is 0.210. The number of ether oxygens (including phenoxy) is 1. The van der Waals surface area contributed by atoms with Crippen LogP contribution in [0.15, 0.2) is 95.5 Å². The second-order valence-corrected chi connectivity index (χ2v) is 10.0. The maximum Gasteiger partial charge on any atom is 0.227 e. The van der Waals surface area contributed by atoms with Gasteiger partial charge < -0.3 is 14.2 Å². The van der Waals surface area contributed by atoms with Crippen molar-refractivity contribution >= 4 is 49.3 Å². The van der Waals surface area contributed by atoms with Gasteiger partial charge in [0, 0.05) is 35.3 Å². The topological polar surface area (TPSA) is 47.4 Å². The van der Waals surface area contributed by atoms with Crippen LogP contribution in [-0.4, -0.2) is 28.6 Å². The van der Waals surface area contributed by atoms with Crippen molar-refractivity contribution in [1.29, 1.82) is 0 Å². The molecular weight excluding hydrogens is 514 g/mol. The van der Waals surface area contributed by atoms with Crippen LogP contribution in [0.3, 0.4) is 0 Å². The number of anilines is 1. The molecule has 0 bridgehead atoms. The summed E-state index contributed by atoms with van der Waals surface area (Å²) in [4.78, 5) is 19.9. The third-order valence-electron chi connectivity index (χ3n) is 6.85. The number of aromatic nitrogens is 2. The van der Waals surface area contributed by atoms with E-state index < -0.39 is 0 Å². The fourth-order valence-corrected chi connectivity index (χ4v) is 5.65. The lowest BCUT2D eigenvalue weighted by Gasteiger charge is -2.19. The van der Waals surface area contributed by atoms with Gasteiger partial charge in [-0.3, -0.25) is 4.79 Å². The Hall–Kier alpha value is -3.64. The van der Waals surface area contributed by atoms with Gasteiger partial charge in [-0.05, 0) is 58.1 Å². The molecule has 36 heavy (non-hydrogen) atoms. The van der Waals surface area contributed by atoms with Crippen molar-refractivity contribution in [2.75, 3.05) is 18.1 Å². The molecule has 1 atom stereocenters. The number of carbonyl (C=O) groups is 1. The number of rotatable bonds is 7. The fraction of sp³-hybridized carbons (Fsp3) is 0.200. The van der Waals surface area contributed by atoms with Crippen molar-refractivity contribution in [3.05, 3.63) is 101 Å². The summed E-state index contributed by atoms with van der Waals surface area (Å²) in [6.45, 7) is 2.00. The van der Waals surface area contributed by atoms with Gasteiger partial charge in [-0.15, -0.1) is 0 Å². The number of halogens is 1. The molecule has 0 saturated carbocycles. The largest absolute Gasteiger partial charge is 0.493 e. The van der Waals surface area contributed by atoms with Crippen molar-refractivity contribution in [2.45, 2.75) is 25.3 Å². The highest BCUT2D eigenvalue weighted by Gasteiger charge is 2.35. The molecule has 2 heterocycles. The van der Waals surface area contributed by atoms with E-state index in [2.05, 4.69) is 44.8 Å². The summed E-state index contributed by atoms with van der Waals surface area (Å²) in [7, 11) is 0. The number of imidazole rings is 1. The summed E-state index contributed by atoms with van der Waals surface area (Å²) in [5.74, 6) is 2.05. The van der Waals surface area contributed by atoms with Gasteiger partial charge >= 0.3 is 0 Å². The monoisotopic (exact) mass is 539 g/mol. The molecule has 1 aromatic heterocycles. The molecule has 5 aromatic rings. The van der Waals surface area contributed by atoms with Gasteiger partial charge in [0.05, 0.1) is 23.3 Å².